The van der Waals surface area contributed by atoms with Crippen molar-refractivity contribution in [1.82, 2.24) is 14.9 Å². The molecule has 0 bridgehead atoms. The third kappa shape index (κ3) is 4.17. The fourth-order valence-corrected chi connectivity index (χ4v) is 4.71. The van der Waals surface area contributed by atoms with E-state index in [0.717, 1.165) is 16.0 Å². The average molecular weight is 512 g/mol. The van der Waals surface area contributed by atoms with Crippen molar-refractivity contribution in [3.63, 3.8) is 0 Å². The molecule has 2 aliphatic heterocycles. The van der Waals surface area contributed by atoms with Gasteiger partial charge in [0.25, 0.3) is 17.7 Å². The van der Waals surface area contributed by atoms with Gasteiger partial charge in [0.2, 0.25) is 0 Å². The van der Waals surface area contributed by atoms with Gasteiger partial charge in [-0.3, -0.25) is 19.3 Å². The van der Waals surface area contributed by atoms with Crippen LogP contribution in [0, 0.1) is 0 Å². The molecule has 0 fully saturated rings. The zero-order valence-electron chi connectivity index (χ0n) is 21.8. The van der Waals surface area contributed by atoms with Crippen molar-refractivity contribution in [2.75, 3.05) is 14.1 Å². The summed E-state index contributed by atoms with van der Waals surface area (Å²) in [5, 5.41) is 13.2. The Labute approximate surface area is 221 Å². The van der Waals surface area contributed by atoms with Crippen molar-refractivity contribution < 1.29 is 24.2 Å². The van der Waals surface area contributed by atoms with E-state index in [9.17, 15) is 19.5 Å². The van der Waals surface area contributed by atoms with Crippen LogP contribution < -0.4 is 4.74 Å². The summed E-state index contributed by atoms with van der Waals surface area (Å²) < 4.78 is 5.95. The van der Waals surface area contributed by atoms with Gasteiger partial charge >= 0.3 is 0 Å². The highest BCUT2D eigenvalue weighted by atomic mass is 16.5. The maximum absolute atomic E-state index is 13.1. The summed E-state index contributed by atoms with van der Waals surface area (Å²) in [5.74, 6) is -0.0333. The number of fused-ring (bicyclic) bond motifs is 2. The molecule has 0 radical (unpaired) electrons. The Bertz CT molecular complexity index is 1460. The first-order chi connectivity index (χ1) is 18.0. The van der Waals surface area contributed by atoms with Crippen LogP contribution in [0.2, 0.25) is 0 Å². The molecule has 8 heteroatoms. The highest BCUT2D eigenvalue weighted by Crippen LogP contribution is 2.37. The largest absolute Gasteiger partial charge is 0.457 e. The van der Waals surface area contributed by atoms with E-state index >= 15 is 0 Å². The lowest BCUT2D eigenvalue weighted by Crippen LogP contribution is -2.39. The van der Waals surface area contributed by atoms with Gasteiger partial charge in [-0.2, -0.15) is 0 Å². The van der Waals surface area contributed by atoms with Gasteiger partial charge in [-0.25, -0.2) is 10.0 Å². The normalized spacial score (nSPS) is 16.8. The zero-order chi connectivity index (χ0) is 27.4. The van der Waals surface area contributed by atoms with Crippen LogP contribution in [0.1, 0.15) is 67.8 Å². The van der Waals surface area contributed by atoms with Crippen LogP contribution in [0.15, 0.2) is 73.3 Å². The first kappa shape index (κ1) is 25.4. The molecule has 0 saturated carbocycles. The summed E-state index contributed by atoms with van der Waals surface area (Å²) in [7, 11) is 3.27. The summed E-state index contributed by atoms with van der Waals surface area (Å²) in [5.41, 5.74) is 2.63. The molecule has 1 N–H and O–H groups in total. The number of aliphatic hydroxyl groups excluding tert-OH is 1. The van der Waals surface area contributed by atoms with E-state index in [4.69, 9.17) is 4.74 Å². The number of imide groups is 1. The Morgan fingerprint density at radius 3 is 2.00 bits per heavy atom. The summed E-state index contributed by atoms with van der Waals surface area (Å²) in [6.45, 7) is 8.15. The standard InChI is InChI=1S/C30H29N3O5/c1-6-30(2,3)19-9-13-21(14-10-19)38-20-11-7-18(8-12-20)17-32-26(34)22-15-24-25(16-23(22)27(32)35)29(37)33(28(24)36)31(4)5/h6-16,28,36H,1,17H2,2-5H3. The molecule has 0 spiro atoms. The number of aliphatic hydroxyl groups is 1. The Hall–Kier alpha value is -4.27. The molecule has 5 rings (SSSR count). The third-order valence-corrected chi connectivity index (χ3v) is 7.13. The number of ether oxygens (including phenoxy) is 1. The van der Waals surface area contributed by atoms with Gasteiger partial charge in [-0.1, -0.05) is 44.2 Å². The van der Waals surface area contributed by atoms with E-state index in [2.05, 4.69) is 20.4 Å². The van der Waals surface area contributed by atoms with E-state index in [0.29, 0.717) is 17.1 Å². The van der Waals surface area contributed by atoms with Gasteiger partial charge in [0, 0.05) is 30.6 Å². The van der Waals surface area contributed by atoms with Crippen molar-refractivity contribution in [1.29, 1.82) is 0 Å². The molecule has 2 heterocycles. The number of hydrogen-bond acceptors (Lipinski definition) is 6. The molecule has 1 atom stereocenters. The first-order valence-corrected chi connectivity index (χ1v) is 12.3. The predicted octanol–water partition coefficient (Wildman–Crippen LogP) is 4.66. The predicted molar refractivity (Wildman–Crippen MR) is 142 cm³/mol. The molecule has 3 amide bonds. The molecular formula is C30H29N3O5. The number of rotatable bonds is 7. The van der Waals surface area contributed by atoms with Gasteiger partial charge in [0.05, 0.1) is 17.7 Å². The number of amides is 3. The minimum atomic E-state index is -1.22. The lowest BCUT2D eigenvalue weighted by Gasteiger charge is -2.27. The minimum absolute atomic E-state index is 0.0724. The molecule has 0 aromatic heterocycles. The average Bonchev–Trinajstić information content (AvgIpc) is 3.28. The van der Waals surface area contributed by atoms with Gasteiger partial charge in [0.1, 0.15) is 11.5 Å². The number of carbonyl (C=O) groups excluding carboxylic acids is 3. The van der Waals surface area contributed by atoms with Crippen LogP contribution in [-0.4, -0.2) is 51.8 Å². The van der Waals surface area contributed by atoms with Crippen molar-refractivity contribution in [3.05, 3.63) is 107 Å². The van der Waals surface area contributed by atoms with Gasteiger partial charge in [-0.15, -0.1) is 6.58 Å². The van der Waals surface area contributed by atoms with E-state index in [1.54, 1.807) is 38.4 Å². The van der Waals surface area contributed by atoms with Crippen molar-refractivity contribution >= 4 is 17.7 Å². The molecule has 3 aromatic carbocycles. The van der Waals surface area contributed by atoms with E-state index in [-0.39, 0.29) is 28.7 Å². The molecule has 8 nitrogen and oxygen atoms in total. The fourth-order valence-electron chi connectivity index (χ4n) is 4.71. The quantitative estimate of drug-likeness (QED) is 0.367. The highest BCUT2D eigenvalue weighted by Gasteiger charge is 2.43. The third-order valence-electron chi connectivity index (χ3n) is 7.13. The SMILES string of the molecule is C=CC(C)(C)c1ccc(Oc2ccc(CN3C(=O)c4cc5c(cc4C3=O)C(O)N(N(C)C)C5=O)cc2)cc1. The Morgan fingerprint density at radius 2 is 1.45 bits per heavy atom. The van der Waals surface area contributed by atoms with E-state index < -0.39 is 23.9 Å². The van der Waals surface area contributed by atoms with Crippen LogP contribution in [0.4, 0.5) is 0 Å². The second-order valence-electron chi connectivity index (χ2n) is 10.2. The van der Waals surface area contributed by atoms with E-state index in [1.807, 2.05) is 30.3 Å². The number of benzene rings is 3. The number of allylic oxidation sites excluding steroid dienone is 1. The highest BCUT2D eigenvalue weighted by molar-refractivity contribution is 6.22. The number of hydrazine groups is 1. The topological polar surface area (TPSA) is 90.4 Å². The molecule has 38 heavy (non-hydrogen) atoms. The van der Waals surface area contributed by atoms with Gasteiger partial charge in [-0.05, 0) is 47.5 Å². The lowest BCUT2D eigenvalue weighted by atomic mass is 9.85. The maximum Gasteiger partial charge on any atom is 0.271 e. The van der Waals surface area contributed by atoms with E-state index in [1.165, 1.54) is 22.2 Å². The molecule has 3 aromatic rings. The van der Waals surface area contributed by atoms with Crippen LogP contribution in [0.3, 0.4) is 0 Å². The molecule has 194 valence electrons. The Kier molecular flexibility index (Phi) is 6.17. The van der Waals surface area contributed by atoms with Crippen molar-refractivity contribution in [2.45, 2.75) is 32.0 Å². The summed E-state index contributed by atoms with van der Waals surface area (Å²) >= 11 is 0. The van der Waals surface area contributed by atoms with Crippen LogP contribution in [-0.2, 0) is 12.0 Å². The first-order valence-electron chi connectivity index (χ1n) is 12.3. The van der Waals surface area contributed by atoms with Gasteiger partial charge in [0.15, 0.2) is 6.23 Å². The Balaban J connectivity index is 1.30. The minimum Gasteiger partial charge on any atom is -0.457 e. The molecule has 0 saturated heterocycles. The van der Waals surface area contributed by atoms with Crippen molar-refractivity contribution in [2.24, 2.45) is 0 Å². The summed E-state index contributed by atoms with van der Waals surface area (Å²) in [4.78, 5) is 40.1. The molecular weight excluding hydrogens is 482 g/mol. The summed E-state index contributed by atoms with van der Waals surface area (Å²) in [6.07, 6.45) is 0.691. The monoisotopic (exact) mass is 511 g/mol. The van der Waals surface area contributed by atoms with Crippen LogP contribution in [0.5, 0.6) is 11.5 Å². The Morgan fingerprint density at radius 1 is 0.895 bits per heavy atom. The number of hydrogen-bond donors (Lipinski definition) is 1. The lowest BCUT2D eigenvalue weighted by molar-refractivity contribution is -0.0772. The van der Waals surface area contributed by atoms with Crippen molar-refractivity contribution in [3.8, 4) is 11.5 Å². The molecule has 2 aliphatic rings. The maximum atomic E-state index is 13.1. The zero-order valence-corrected chi connectivity index (χ0v) is 21.8. The smallest absolute Gasteiger partial charge is 0.271 e. The fraction of sp³-hybridized carbons (Fsp3) is 0.233. The van der Waals surface area contributed by atoms with Crippen LogP contribution in [0.25, 0.3) is 0 Å². The molecule has 0 aliphatic carbocycles. The summed E-state index contributed by atoms with van der Waals surface area (Å²) in [6, 6.07) is 17.9. The molecule has 1 unspecified atom stereocenters. The number of nitrogens with zero attached hydrogens (tertiary/aromatic N) is 3. The second-order valence-corrected chi connectivity index (χ2v) is 10.2. The number of carbonyl (C=O) groups is 3. The van der Waals surface area contributed by atoms with Gasteiger partial charge < -0.3 is 9.84 Å². The van der Waals surface area contributed by atoms with Crippen LogP contribution >= 0.6 is 0 Å². The second kappa shape index (κ2) is 9.24.